The van der Waals surface area contributed by atoms with Gasteiger partial charge in [0, 0.05) is 12.4 Å². The fourth-order valence-corrected chi connectivity index (χ4v) is 2.68. The lowest BCUT2D eigenvalue weighted by Crippen LogP contribution is -2.14. The number of hydrogen-bond acceptors (Lipinski definition) is 9. The molecule has 2 rings (SSSR count). The number of aryl methyl sites for hydroxylation is 1. The van der Waals surface area contributed by atoms with Crippen LogP contribution in [0.15, 0.2) is 17.5 Å². The first-order valence-corrected chi connectivity index (χ1v) is 6.87. The van der Waals surface area contributed by atoms with E-state index in [4.69, 9.17) is 0 Å². The molecule has 0 saturated heterocycles. The third kappa shape index (κ3) is 3.06. The molecule has 0 amide bonds. The van der Waals surface area contributed by atoms with Gasteiger partial charge < -0.3 is 4.90 Å². The number of hydrogen-bond donors (Lipinski definition) is 0. The molecule has 1 heterocycles. The zero-order valence-corrected chi connectivity index (χ0v) is 12.6. The molecule has 0 unspecified atom stereocenters. The maximum atomic E-state index is 11.2. The van der Waals surface area contributed by atoms with Gasteiger partial charge in [-0.25, -0.2) is 4.98 Å². The maximum absolute atomic E-state index is 11.2. The summed E-state index contributed by atoms with van der Waals surface area (Å²) in [6, 6.07) is 1.39. The lowest BCUT2D eigenvalue weighted by Gasteiger charge is -2.15. The first kappa shape index (κ1) is 16.2. The van der Waals surface area contributed by atoms with Gasteiger partial charge in [0.15, 0.2) is 5.13 Å². The number of nitrogens with zero attached hydrogens (tertiary/aromatic N) is 5. The predicted octanol–water partition coefficient (Wildman–Crippen LogP) is 2.94. The monoisotopic (exact) mass is 339 g/mol. The summed E-state index contributed by atoms with van der Waals surface area (Å²) in [5, 5.41) is 35.3. The van der Waals surface area contributed by atoms with E-state index in [1.165, 1.54) is 11.9 Å². The van der Waals surface area contributed by atoms with Crippen LogP contribution in [0.2, 0.25) is 0 Å². The number of rotatable bonds is 5. The summed E-state index contributed by atoms with van der Waals surface area (Å²) in [4.78, 5) is 35.9. The van der Waals surface area contributed by atoms with Crippen LogP contribution in [0.3, 0.4) is 0 Å². The van der Waals surface area contributed by atoms with Crippen LogP contribution in [0.25, 0.3) is 0 Å². The SMILES string of the molecule is Cc1csc(N(C)c2c([N+](=O)[O-])cc([N+](=O)[O-])cc2[N+](=O)[O-])n1. The summed E-state index contributed by atoms with van der Waals surface area (Å²) in [6.07, 6.45) is 0. The van der Waals surface area contributed by atoms with Crippen molar-refractivity contribution in [3.8, 4) is 0 Å². The molecule has 1 aromatic heterocycles. The second-order valence-electron chi connectivity index (χ2n) is 4.43. The second-order valence-corrected chi connectivity index (χ2v) is 5.27. The van der Waals surface area contributed by atoms with Crippen LogP contribution in [0.4, 0.5) is 27.9 Å². The summed E-state index contributed by atoms with van der Waals surface area (Å²) in [6.45, 7) is 1.70. The Labute approximate surface area is 132 Å². The fourth-order valence-electron chi connectivity index (χ4n) is 1.91. The minimum atomic E-state index is -0.919. The molecule has 23 heavy (non-hydrogen) atoms. The number of aromatic nitrogens is 1. The third-order valence-corrected chi connectivity index (χ3v) is 3.92. The number of benzene rings is 1. The van der Waals surface area contributed by atoms with Gasteiger partial charge in [-0.2, -0.15) is 0 Å². The Bertz CT molecular complexity index is 784. The quantitative estimate of drug-likeness (QED) is 0.596. The standard InChI is InChI=1S/C11H9N5O6S/c1-6-5-23-11(12-6)13(2)10-8(15(19)20)3-7(14(17)18)4-9(10)16(21)22/h3-5H,1-2H3. The lowest BCUT2D eigenvalue weighted by molar-refractivity contribution is -0.402. The van der Waals surface area contributed by atoms with E-state index < -0.39 is 31.8 Å². The highest BCUT2D eigenvalue weighted by atomic mass is 32.1. The van der Waals surface area contributed by atoms with Crippen molar-refractivity contribution >= 4 is 39.2 Å². The Hall–Kier alpha value is -3.15. The molecule has 0 bridgehead atoms. The van der Waals surface area contributed by atoms with Crippen molar-refractivity contribution in [1.29, 1.82) is 0 Å². The Balaban J connectivity index is 2.75. The van der Waals surface area contributed by atoms with Crippen molar-refractivity contribution < 1.29 is 14.8 Å². The van der Waals surface area contributed by atoms with E-state index >= 15 is 0 Å². The molecule has 2 aromatic rings. The van der Waals surface area contributed by atoms with Crippen LogP contribution in [0, 0.1) is 37.3 Å². The number of nitro groups is 3. The van der Waals surface area contributed by atoms with Crippen molar-refractivity contribution in [1.82, 2.24) is 4.98 Å². The number of non-ortho nitro benzene ring substituents is 1. The third-order valence-electron chi connectivity index (χ3n) is 2.89. The minimum absolute atomic E-state index is 0.294. The van der Waals surface area contributed by atoms with E-state index in [2.05, 4.69) is 4.98 Å². The van der Waals surface area contributed by atoms with Crippen molar-refractivity contribution in [3.63, 3.8) is 0 Å². The summed E-state index contributed by atoms with van der Waals surface area (Å²) in [5.74, 6) is 0. The molecular formula is C11H9N5O6S. The number of nitro benzene ring substituents is 3. The number of thiazole rings is 1. The molecule has 0 spiro atoms. The van der Waals surface area contributed by atoms with E-state index in [-0.39, 0.29) is 5.69 Å². The Morgan fingerprint density at radius 1 is 1.04 bits per heavy atom. The largest absolute Gasteiger partial charge is 0.309 e. The molecule has 0 aliphatic carbocycles. The summed E-state index contributed by atoms with van der Waals surface area (Å²) in [7, 11) is 1.37. The van der Waals surface area contributed by atoms with Gasteiger partial charge in [0.25, 0.3) is 5.69 Å². The van der Waals surface area contributed by atoms with E-state index in [0.717, 1.165) is 11.3 Å². The van der Waals surface area contributed by atoms with Crippen molar-refractivity contribution in [2.75, 3.05) is 11.9 Å². The zero-order chi connectivity index (χ0) is 17.3. The molecule has 0 N–H and O–H groups in total. The minimum Gasteiger partial charge on any atom is -0.309 e. The van der Waals surface area contributed by atoms with Crippen LogP contribution in [0.1, 0.15) is 5.69 Å². The number of anilines is 2. The van der Waals surface area contributed by atoms with Crippen molar-refractivity contribution in [2.24, 2.45) is 0 Å². The Morgan fingerprint density at radius 3 is 1.91 bits per heavy atom. The normalized spacial score (nSPS) is 10.3. The molecule has 0 atom stereocenters. The van der Waals surface area contributed by atoms with Crippen LogP contribution in [-0.2, 0) is 0 Å². The van der Waals surface area contributed by atoms with Gasteiger partial charge >= 0.3 is 11.4 Å². The van der Waals surface area contributed by atoms with Gasteiger partial charge in [-0.05, 0) is 6.92 Å². The van der Waals surface area contributed by atoms with Crippen LogP contribution >= 0.6 is 11.3 Å². The van der Waals surface area contributed by atoms with Gasteiger partial charge in [0.05, 0.1) is 32.6 Å². The van der Waals surface area contributed by atoms with Crippen molar-refractivity contribution in [3.05, 3.63) is 53.5 Å². The topological polar surface area (TPSA) is 146 Å². The van der Waals surface area contributed by atoms with Crippen LogP contribution < -0.4 is 4.90 Å². The van der Waals surface area contributed by atoms with E-state index in [1.54, 1.807) is 12.3 Å². The highest BCUT2D eigenvalue weighted by Crippen LogP contribution is 2.43. The summed E-state index contributed by atoms with van der Waals surface area (Å²) >= 11 is 1.14. The van der Waals surface area contributed by atoms with E-state index in [0.29, 0.717) is 23.0 Å². The van der Waals surface area contributed by atoms with Gasteiger partial charge in [0.2, 0.25) is 5.69 Å². The second kappa shape index (κ2) is 5.92. The average molecular weight is 339 g/mol. The average Bonchev–Trinajstić information content (AvgIpc) is 2.91. The van der Waals surface area contributed by atoms with Crippen LogP contribution in [-0.4, -0.2) is 26.8 Å². The van der Waals surface area contributed by atoms with Crippen LogP contribution in [0.5, 0.6) is 0 Å². The first-order valence-electron chi connectivity index (χ1n) is 5.99. The first-order chi connectivity index (χ1) is 10.7. The molecule has 120 valence electrons. The van der Waals surface area contributed by atoms with Crippen molar-refractivity contribution in [2.45, 2.75) is 6.92 Å². The Morgan fingerprint density at radius 2 is 1.57 bits per heavy atom. The molecule has 0 aliphatic rings. The highest BCUT2D eigenvalue weighted by molar-refractivity contribution is 7.13. The highest BCUT2D eigenvalue weighted by Gasteiger charge is 2.34. The molecule has 0 fully saturated rings. The van der Waals surface area contributed by atoms with Gasteiger partial charge in [0.1, 0.15) is 0 Å². The molecule has 0 aliphatic heterocycles. The van der Waals surface area contributed by atoms with Gasteiger partial charge in [-0.3, -0.25) is 30.3 Å². The smallest absolute Gasteiger partial charge is 0.306 e. The molecule has 12 heteroatoms. The van der Waals surface area contributed by atoms with E-state index in [9.17, 15) is 30.3 Å². The Kier molecular flexibility index (Phi) is 4.18. The molecule has 1 aromatic carbocycles. The molecule has 0 saturated carbocycles. The van der Waals surface area contributed by atoms with Gasteiger partial charge in [-0.15, -0.1) is 11.3 Å². The zero-order valence-electron chi connectivity index (χ0n) is 11.8. The summed E-state index contributed by atoms with van der Waals surface area (Å²) < 4.78 is 0. The molecule has 0 radical (unpaired) electrons. The molecular weight excluding hydrogens is 330 g/mol. The maximum Gasteiger partial charge on any atom is 0.306 e. The van der Waals surface area contributed by atoms with E-state index in [1.807, 2.05) is 0 Å². The predicted molar refractivity (Wildman–Crippen MR) is 81.3 cm³/mol. The summed E-state index contributed by atoms with van der Waals surface area (Å²) in [5.41, 5.74) is -1.91. The van der Waals surface area contributed by atoms with Gasteiger partial charge in [-0.1, -0.05) is 0 Å². The lowest BCUT2D eigenvalue weighted by atomic mass is 10.2. The molecule has 11 nitrogen and oxygen atoms in total. The fraction of sp³-hybridized carbons (Fsp3) is 0.182.